The van der Waals surface area contributed by atoms with E-state index < -0.39 is 0 Å². The second kappa shape index (κ2) is 6.58. The Bertz CT molecular complexity index is 330. The van der Waals surface area contributed by atoms with Crippen LogP contribution < -0.4 is 5.32 Å². The summed E-state index contributed by atoms with van der Waals surface area (Å²) in [5, 5.41) is 3.69. The van der Waals surface area contributed by atoms with Crippen LogP contribution in [0, 0.1) is 0 Å². The van der Waals surface area contributed by atoms with Gasteiger partial charge in [-0.3, -0.25) is 0 Å². The van der Waals surface area contributed by atoms with Gasteiger partial charge >= 0.3 is 0 Å². The van der Waals surface area contributed by atoms with Crippen LogP contribution in [-0.2, 0) is 4.74 Å². The lowest BCUT2D eigenvalue weighted by Crippen LogP contribution is -2.33. The van der Waals surface area contributed by atoms with Crippen LogP contribution in [0.4, 0.5) is 0 Å². The predicted octanol–water partition coefficient (Wildman–Crippen LogP) is 3.07. The van der Waals surface area contributed by atoms with Gasteiger partial charge in [-0.25, -0.2) is 0 Å². The number of hydrogen-bond donors (Lipinski definition) is 1. The molecule has 0 aromatic heterocycles. The van der Waals surface area contributed by atoms with E-state index in [4.69, 9.17) is 4.74 Å². The van der Waals surface area contributed by atoms with Crippen LogP contribution >= 0.6 is 0 Å². The van der Waals surface area contributed by atoms with E-state index in [1.54, 1.807) is 0 Å². The zero-order valence-corrected chi connectivity index (χ0v) is 10.3. The third-order valence-corrected chi connectivity index (χ3v) is 3.23. The Morgan fingerprint density at radius 1 is 1.41 bits per heavy atom. The molecule has 2 heteroatoms. The van der Waals surface area contributed by atoms with Crippen molar-refractivity contribution in [2.45, 2.75) is 31.3 Å². The number of rotatable bonds is 6. The first-order chi connectivity index (χ1) is 8.40. The van der Waals surface area contributed by atoms with Gasteiger partial charge in [0.15, 0.2) is 0 Å². The van der Waals surface area contributed by atoms with Gasteiger partial charge in [-0.05, 0) is 24.8 Å². The van der Waals surface area contributed by atoms with E-state index in [9.17, 15) is 0 Å². The molecule has 1 aliphatic rings. The Hall–Kier alpha value is -1.12. The van der Waals surface area contributed by atoms with Crippen LogP contribution in [0.5, 0.6) is 0 Å². The lowest BCUT2D eigenvalue weighted by molar-refractivity contribution is 0.187. The summed E-state index contributed by atoms with van der Waals surface area (Å²) in [6.45, 7) is 5.54. The van der Waals surface area contributed by atoms with Crippen molar-refractivity contribution in [1.82, 2.24) is 5.32 Å². The SMILES string of the molecule is C=CCC[C@H](N[C@H]1CCOC1)c1ccccc1. The molecule has 92 valence electrons. The molecule has 17 heavy (non-hydrogen) atoms. The first kappa shape index (κ1) is 12.3. The average molecular weight is 231 g/mol. The maximum atomic E-state index is 5.42. The Kier molecular flexibility index (Phi) is 4.77. The van der Waals surface area contributed by atoms with Crippen molar-refractivity contribution < 1.29 is 4.74 Å². The van der Waals surface area contributed by atoms with Crippen LogP contribution in [0.1, 0.15) is 30.9 Å². The van der Waals surface area contributed by atoms with Gasteiger partial charge in [0.05, 0.1) is 6.61 Å². The Morgan fingerprint density at radius 3 is 2.88 bits per heavy atom. The third kappa shape index (κ3) is 3.69. The molecule has 1 heterocycles. The molecule has 0 spiro atoms. The van der Waals surface area contributed by atoms with E-state index >= 15 is 0 Å². The highest BCUT2D eigenvalue weighted by molar-refractivity contribution is 5.19. The molecule has 0 radical (unpaired) electrons. The van der Waals surface area contributed by atoms with Crippen LogP contribution in [0.2, 0.25) is 0 Å². The normalized spacial score (nSPS) is 21.3. The highest BCUT2D eigenvalue weighted by atomic mass is 16.5. The summed E-state index contributed by atoms with van der Waals surface area (Å²) >= 11 is 0. The first-order valence-electron chi connectivity index (χ1n) is 6.40. The van der Waals surface area contributed by atoms with E-state index in [0.29, 0.717) is 12.1 Å². The zero-order valence-electron chi connectivity index (χ0n) is 10.3. The van der Waals surface area contributed by atoms with Crippen LogP contribution in [0.25, 0.3) is 0 Å². The number of allylic oxidation sites excluding steroid dienone is 1. The van der Waals surface area contributed by atoms with Crippen molar-refractivity contribution in [3.63, 3.8) is 0 Å². The van der Waals surface area contributed by atoms with Crippen molar-refractivity contribution in [2.75, 3.05) is 13.2 Å². The van der Waals surface area contributed by atoms with Crippen molar-refractivity contribution >= 4 is 0 Å². The molecular weight excluding hydrogens is 210 g/mol. The van der Waals surface area contributed by atoms with Crippen molar-refractivity contribution in [2.24, 2.45) is 0 Å². The summed E-state index contributed by atoms with van der Waals surface area (Å²) < 4.78 is 5.42. The molecule has 2 nitrogen and oxygen atoms in total. The standard InChI is InChI=1S/C15H21NO/c1-2-3-9-15(13-7-5-4-6-8-13)16-14-10-11-17-12-14/h2,4-8,14-16H,1,3,9-12H2/t14-,15-/m0/s1. The largest absolute Gasteiger partial charge is 0.380 e. The maximum absolute atomic E-state index is 5.42. The number of benzene rings is 1. The fourth-order valence-electron chi connectivity index (χ4n) is 2.27. The molecule has 1 saturated heterocycles. The van der Waals surface area contributed by atoms with E-state index in [1.165, 1.54) is 5.56 Å². The monoisotopic (exact) mass is 231 g/mol. The molecule has 1 aromatic rings. The van der Waals surface area contributed by atoms with Crippen molar-refractivity contribution in [1.29, 1.82) is 0 Å². The number of nitrogens with one attached hydrogen (secondary N) is 1. The van der Waals surface area contributed by atoms with Crippen LogP contribution in [-0.4, -0.2) is 19.3 Å². The molecule has 0 unspecified atom stereocenters. The van der Waals surface area contributed by atoms with E-state index in [1.807, 2.05) is 6.08 Å². The number of hydrogen-bond acceptors (Lipinski definition) is 2. The summed E-state index contributed by atoms with van der Waals surface area (Å²) in [6.07, 6.45) is 5.25. The Labute approximate surface area is 104 Å². The van der Waals surface area contributed by atoms with E-state index in [2.05, 4.69) is 42.2 Å². The summed E-state index contributed by atoms with van der Waals surface area (Å²) in [5.74, 6) is 0. The minimum atomic E-state index is 0.418. The highest BCUT2D eigenvalue weighted by Gasteiger charge is 2.20. The summed E-state index contributed by atoms with van der Waals surface area (Å²) in [6, 6.07) is 11.6. The zero-order chi connectivity index (χ0) is 11.9. The molecule has 2 rings (SSSR count). The quantitative estimate of drug-likeness (QED) is 0.760. The highest BCUT2D eigenvalue weighted by Crippen LogP contribution is 2.20. The molecule has 0 bridgehead atoms. The maximum Gasteiger partial charge on any atom is 0.0620 e. The molecule has 2 atom stereocenters. The fraction of sp³-hybridized carbons (Fsp3) is 0.467. The molecule has 0 saturated carbocycles. The lowest BCUT2D eigenvalue weighted by atomic mass is 10.0. The van der Waals surface area contributed by atoms with Crippen molar-refractivity contribution in [3.05, 3.63) is 48.6 Å². The Balaban J connectivity index is 1.99. The molecule has 0 aliphatic carbocycles. The summed E-state index contributed by atoms with van der Waals surface area (Å²) in [7, 11) is 0. The fourth-order valence-corrected chi connectivity index (χ4v) is 2.27. The predicted molar refractivity (Wildman–Crippen MR) is 71.0 cm³/mol. The smallest absolute Gasteiger partial charge is 0.0620 e. The van der Waals surface area contributed by atoms with Gasteiger partial charge < -0.3 is 10.1 Å². The van der Waals surface area contributed by atoms with E-state index in [-0.39, 0.29) is 0 Å². The second-order valence-corrected chi connectivity index (χ2v) is 4.56. The minimum absolute atomic E-state index is 0.418. The molecule has 1 aromatic carbocycles. The van der Waals surface area contributed by atoms with Crippen LogP contribution in [0.15, 0.2) is 43.0 Å². The lowest BCUT2D eigenvalue weighted by Gasteiger charge is -2.22. The third-order valence-electron chi connectivity index (χ3n) is 3.23. The van der Waals surface area contributed by atoms with Gasteiger partial charge in [0, 0.05) is 18.7 Å². The minimum Gasteiger partial charge on any atom is -0.380 e. The molecule has 1 aliphatic heterocycles. The van der Waals surface area contributed by atoms with Gasteiger partial charge in [0.1, 0.15) is 0 Å². The molecule has 1 fully saturated rings. The van der Waals surface area contributed by atoms with Gasteiger partial charge in [0.2, 0.25) is 0 Å². The molecular formula is C15H21NO. The number of ether oxygens (including phenoxy) is 1. The topological polar surface area (TPSA) is 21.3 Å². The van der Waals surface area contributed by atoms with E-state index in [0.717, 1.165) is 32.5 Å². The molecule has 1 N–H and O–H groups in total. The van der Waals surface area contributed by atoms with Crippen molar-refractivity contribution in [3.8, 4) is 0 Å². The Morgan fingerprint density at radius 2 is 2.24 bits per heavy atom. The van der Waals surface area contributed by atoms with Gasteiger partial charge in [0.25, 0.3) is 0 Å². The van der Waals surface area contributed by atoms with Gasteiger partial charge in [-0.2, -0.15) is 0 Å². The summed E-state index contributed by atoms with van der Waals surface area (Å²) in [4.78, 5) is 0. The summed E-state index contributed by atoms with van der Waals surface area (Å²) in [5.41, 5.74) is 1.36. The van der Waals surface area contributed by atoms with Crippen LogP contribution in [0.3, 0.4) is 0 Å². The van der Waals surface area contributed by atoms with Gasteiger partial charge in [-0.15, -0.1) is 6.58 Å². The average Bonchev–Trinajstić information content (AvgIpc) is 2.88. The molecule has 0 amide bonds. The second-order valence-electron chi connectivity index (χ2n) is 4.56. The van der Waals surface area contributed by atoms with Gasteiger partial charge in [-0.1, -0.05) is 36.4 Å². The first-order valence-corrected chi connectivity index (χ1v) is 6.40.